The smallest absolute Gasteiger partial charge is 0.271 e. The number of nitrogens with two attached hydrogens (primary N) is 1. The fourth-order valence-electron chi connectivity index (χ4n) is 2.04. The summed E-state index contributed by atoms with van der Waals surface area (Å²) in [5, 5.41) is 5.55. The number of likely N-dealkylation sites (tertiary alicyclic amines) is 1. The number of carbonyl (C=O) groups is 2. The van der Waals surface area contributed by atoms with Gasteiger partial charge in [-0.25, -0.2) is 4.98 Å². The first-order valence-corrected chi connectivity index (χ1v) is 7.17. The largest absolute Gasteiger partial charge is 0.346 e. The molecule has 1 aliphatic rings. The quantitative estimate of drug-likeness (QED) is 0.842. The average molecular weight is 319 g/mol. The number of likely N-dealkylation sites (N-methyl/N-ethyl adjacent to an activating group) is 1. The SMILES string of the molecule is CN1CC(NC(=O)c2csc(CCN)n2)CCC1=O.Cl. The normalized spacial score (nSPS) is 18.6. The van der Waals surface area contributed by atoms with Gasteiger partial charge in [0.15, 0.2) is 0 Å². The molecule has 0 spiro atoms. The lowest BCUT2D eigenvalue weighted by molar-refractivity contribution is -0.132. The molecule has 0 bridgehead atoms. The lowest BCUT2D eigenvalue weighted by atomic mass is 10.1. The second-order valence-electron chi connectivity index (χ2n) is 4.65. The van der Waals surface area contributed by atoms with E-state index in [1.165, 1.54) is 11.3 Å². The molecule has 6 nitrogen and oxygen atoms in total. The third-order valence-electron chi connectivity index (χ3n) is 3.10. The number of halogens is 1. The Bertz CT molecular complexity index is 480. The van der Waals surface area contributed by atoms with Crippen LogP contribution in [0.4, 0.5) is 0 Å². The summed E-state index contributed by atoms with van der Waals surface area (Å²) in [7, 11) is 1.75. The van der Waals surface area contributed by atoms with Crippen molar-refractivity contribution in [3.63, 3.8) is 0 Å². The average Bonchev–Trinajstić information content (AvgIpc) is 2.83. The van der Waals surface area contributed by atoms with Crippen molar-refractivity contribution < 1.29 is 9.59 Å². The van der Waals surface area contributed by atoms with E-state index in [0.29, 0.717) is 38.0 Å². The highest BCUT2D eigenvalue weighted by atomic mass is 35.5. The molecule has 0 saturated carbocycles. The zero-order valence-corrected chi connectivity index (χ0v) is 12.9. The molecule has 20 heavy (non-hydrogen) atoms. The first-order valence-electron chi connectivity index (χ1n) is 6.29. The van der Waals surface area contributed by atoms with Gasteiger partial charge < -0.3 is 16.0 Å². The molecular weight excluding hydrogens is 300 g/mol. The molecule has 1 unspecified atom stereocenters. The van der Waals surface area contributed by atoms with Gasteiger partial charge in [0, 0.05) is 37.9 Å². The number of nitrogens with zero attached hydrogens (tertiary/aromatic N) is 2. The number of carbonyl (C=O) groups excluding carboxylic acids is 2. The van der Waals surface area contributed by atoms with Crippen LogP contribution in [0.15, 0.2) is 5.38 Å². The van der Waals surface area contributed by atoms with E-state index < -0.39 is 0 Å². The van der Waals surface area contributed by atoms with Crippen molar-refractivity contribution in [2.75, 3.05) is 20.1 Å². The Balaban J connectivity index is 0.00000200. The van der Waals surface area contributed by atoms with Gasteiger partial charge in [-0.2, -0.15) is 0 Å². The number of rotatable bonds is 4. The Morgan fingerprint density at radius 2 is 2.40 bits per heavy atom. The van der Waals surface area contributed by atoms with E-state index in [1.54, 1.807) is 17.3 Å². The van der Waals surface area contributed by atoms with Crippen molar-refractivity contribution in [1.82, 2.24) is 15.2 Å². The topological polar surface area (TPSA) is 88.3 Å². The van der Waals surface area contributed by atoms with Crippen LogP contribution in [-0.4, -0.2) is 47.9 Å². The molecule has 0 aromatic carbocycles. The van der Waals surface area contributed by atoms with Crippen molar-refractivity contribution >= 4 is 35.6 Å². The second kappa shape index (κ2) is 7.56. The van der Waals surface area contributed by atoms with Crippen LogP contribution >= 0.6 is 23.7 Å². The van der Waals surface area contributed by atoms with E-state index in [1.807, 2.05) is 0 Å². The number of aromatic nitrogens is 1. The summed E-state index contributed by atoms with van der Waals surface area (Å²) in [5.41, 5.74) is 5.89. The summed E-state index contributed by atoms with van der Waals surface area (Å²) in [6.07, 6.45) is 1.87. The van der Waals surface area contributed by atoms with Crippen LogP contribution in [0.5, 0.6) is 0 Å². The fourth-order valence-corrected chi connectivity index (χ4v) is 2.84. The maximum atomic E-state index is 12.0. The number of hydrogen-bond acceptors (Lipinski definition) is 5. The molecule has 1 atom stereocenters. The molecule has 0 radical (unpaired) electrons. The molecule has 2 heterocycles. The zero-order valence-electron chi connectivity index (χ0n) is 11.3. The summed E-state index contributed by atoms with van der Waals surface area (Å²) in [5.74, 6) is -0.0448. The Kier molecular flexibility index (Phi) is 6.38. The number of hydrogen-bond donors (Lipinski definition) is 2. The van der Waals surface area contributed by atoms with Gasteiger partial charge in [-0.1, -0.05) is 0 Å². The molecule has 112 valence electrons. The first kappa shape index (κ1) is 16.9. The molecule has 3 N–H and O–H groups in total. The minimum absolute atomic E-state index is 0. The van der Waals surface area contributed by atoms with E-state index in [9.17, 15) is 9.59 Å². The highest BCUT2D eigenvalue weighted by Gasteiger charge is 2.24. The van der Waals surface area contributed by atoms with Crippen molar-refractivity contribution in [2.45, 2.75) is 25.3 Å². The number of piperidine rings is 1. The minimum Gasteiger partial charge on any atom is -0.346 e. The third kappa shape index (κ3) is 4.16. The second-order valence-corrected chi connectivity index (χ2v) is 5.59. The Morgan fingerprint density at radius 1 is 1.65 bits per heavy atom. The van der Waals surface area contributed by atoms with Crippen molar-refractivity contribution in [3.8, 4) is 0 Å². The third-order valence-corrected chi connectivity index (χ3v) is 4.01. The molecular formula is C12H19ClN4O2S. The van der Waals surface area contributed by atoms with Crippen LogP contribution in [0, 0.1) is 0 Å². The van der Waals surface area contributed by atoms with E-state index in [4.69, 9.17) is 5.73 Å². The van der Waals surface area contributed by atoms with E-state index in [-0.39, 0.29) is 30.3 Å². The van der Waals surface area contributed by atoms with Gasteiger partial charge in [-0.3, -0.25) is 9.59 Å². The Labute approximate surface area is 128 Å². The van der Waals surface area contributed by atoms with Gasteiger partial charge >= 0.3 is 0 Å². The number of amides is 2. The van der Waals surface area contributed by atoms with Crippen LogP contribution in [0.2, 0.25) is 0 Å². The molecule has 1 aliphatic heterocycles. The van der Waals surface area contributed by atoms with Crippen LogP contribution < -0.4 is 11.1 Å². The van der Waals surface area contributed by atoms with Crippen molar-refractivity contribution in [3.05, 3.63) is 16.1 Å². The highest BCUT2D eigenvalue weighted by molar-refractivity contribution is 7.09. The highest BCUT2D eigenvalue weighted by Crippen LogP contribution is 2.13. The molecule has 2 rings (SSSR count). The summed E-state index contributed by atoms with van der Waals surface area (Å²) in [6, 6.07) is 0.00913. The molecule has 1 fully saturated rings. The molecule has 8 heteroatoms. The molecule has 1 aromatic heterocycles. The number of nitrogens with one attached hydrogen (secondary N) is 1. The van der Waals surface area contributed by atoms with Gasteiger partial charge in [0.25, 0.3) is 5.91 Å². The van der Waals surface area contributed by atoms with E-state index >= 15 is 0 Å². The molecule has 0 aliphatic carbocycles. The maximum absolute atomic E-state index is 12.0. The van der Waals surface area contributed by atoms with Crippen molar-refractivity contribution in [1.29, 1.82) is 0 Å². The summed E-state index contributed by atoms with van der Waals surface area (Å²) < 4.78 is 0. The van der Waals surface area contributed by atoms with E-state index in [0.717, 1.165) is 5.01 Å². The molecule has 2 amide bonds. The predicted molar refractivity (Wildman–Crippen MR) is 80.2 cm³/mol. The van der Waals surface area contributed by atoms with Gasteiger partial charge in [0.2, 0.25) is 5.91 Å². The monoisotopic (exact) mass is 318 g/mol. The lowest BCUT2D eigenvalue weighted by Crippen LogP contribution is -2.48. The summed E-state index contributed by atoms with van der Waals surface area (Å²) in [4.78, 5) is 29.3. The van der Waals surface area contributed by atoms with Crippen molar-refractivity contribution in [2.24, 2.45) is 5.73 Å². The van der Waals surface area contributed by atoms with Crippen LogP contribution in [-0.2, 0) is 11.2 Å². The van der Waals surface area contributed by atoms with Gasteiger partial charge in [0.1, 0.15) is 5.69 Å². The van der Waals surface area contributed by atoms with Gasteiger partial charge in [-0.15, -0.1) is 23.7 Å². The van der Waals surface area contributed by atoms with Gasteiger partial charge in [0.05, 0.1) is 5.01 Å². The fraction of sp³-hybridized carbons (Fsp3) is 0.583. The Hall–Kier alpha value is -1.18. The first-order chi connectivity index (χ1) is 9.10. The zero-order chi connectivity index (χ0) is 13.8. The minimum atomic E-state index is -0.174. The van der Waals surface area contributed by atoms with Crippen LogP contribution in [0.1, 0.15) is 28.3 Å². The maximum Gasteiger partial charge on any atom is 0.271 e. The summed E-state index contributed by atoms with van der Waals surface area (Å²) >= 11 is 1.45. The van der Waals surface area contributed by atoms with Gasteiger partial charge in [-0.05, 0) is 13.0 Å². The predicted octanol–water partition coefficient (Wildman–Crippen LogP) is 0.417. The molecule has 1 aromatic rings. The molecule has 1 saturated heterocycles. The summed E-state index contributed by atoms with van der Waals surface area (Å²) in [6.45, 7) is 1.09. The Morgan fingerprint density at radius 3 is 3.05 bits per heavy atom. The lowest BCUT2D eigenvalue weighted by Gasteiger charge is -2.29. The standard InChI is InChI=1S/C12H18N4O2S.ClH/c1-16-6-8(2-3-11(16)17)14-12(18)9-7-19-10(15-9)4-5-13;/h7-8H,2-6,13H2,1H3,(H,14,18);1H. The van der Waals surface area contributed by atoms with Crippen LogP contribution in [0.3, 0.4) is 0 Å². The van der Waals surface area contributed by atoms with Crippen LogP contribution in [0.25, 0.3) is 0 Å². The van der Waals surface area contributed by atoms with E-state index in [2.05, 4.69) is 10.3 Å². The number of thiazole rings is 1.